The van der Waals surface area contributed by atoms with Crippen LogP contribution in [-0.4, -0.2) is 35.2 Å². The molecule has 1 aliphatic rings. The summed E-state index contributed by atoms with van der Waals surface area (Å²) in [7, 11) is 0. The molecule has 2 heterocycles. The van der Waals surface area contributed by atoms with Crippen LogP contribution in [0.15, 0.2) is 36.5 Å². The molecule has 1 saturated heterocycles. The molecule has 1 aliphatic heterocycles. The molecule has 6 heteroatoms. The van der Waals surface area contributed by atoms with Crippen LogP contribution >= 0.6 is 0 Å². The molecule has 3 rings (SSSR count). The first-order valence-electron chi connectivity index (χ1n) is 8.57. The summed E-state index contributed by atoms with van der Waals surface area (Å²) in [5.74, 6) is 0.0261. The molecule has 1 aromatic carbocycles. The Labute approximate surface area is 142 Å². The van der Waals surface area contributed by atoms with Crippen LogP contribution in [0.1, 0.15) is 31.9 Å². The van der Waals surface area contributed by atoms with E-state index in [1.165, 1.54) is 18.5 Å². The molecule has 0 saturated carbocycles. The van der Waals surface area contributed by atoms with Crippen molar-refractivity contribution in [2.24, 2.45) is 0 Å². The van der Waals surface area contributed by atoms with Crippen LogP contribution < -0.4 is 15.5 Å². The highest BCUT2D eigenvalue weighted by molar-refractivity contribution is 5.91. The van der Waals surface area contributed by atoms with Crippen LogP contribution in [0.4, 0.5) is 11.4 Å². The van der Waals surface area contributed by atoms with E-state index in [9.17, 15) is 4.79 Å². The van der Waals surface area contributed by atoms with Crippen molar-refractivity contribution in [2.45, 2.75) is 38.8 Å². The van der Waals surface area contributed by atoms with Crippen molar-refractivity contribution in [3.63, 3.8) is 0 Å². The van der Waals surface area contributed by atoms with Gasteiger partial charge in [-0.3, -0.25) is 9.89 Å². The van der Waals surface area contributed by atoms with Gasteiger partial charge in [-0.25, -0.2) is 0 Å². The second-order valence-electron chi connectivity index (χ2n) is 6.36. The molecule has 1 aromatic heterocycles. The topological polar surface area (TPSA) is 73.1 Å². The zero-order chi connectivity index (χ0) is 16.8. The number of hydrogen-bond acceptors (Lipinski definition) is 4. The predicted octanol–water partition coefficient (Wildman–Crippen LogP) is 2.52. The lowest BCUT2D eigenvalue weighted by atomic mass is 10.2. The quantitative estimate of drug-likeness (QED) is 0.730. The minimum absolute atomic E-state index is 0.0261. The van der Waals surface area contributed by atoms with Crippen molar-refractivity contribution in [3.8, 4) is 0 Å². The van der Waals surface area contributed by atoms with Gasteiger partial charge in [0.05, 0.1) is 0 Å². The zero-order valence-electron chi connectivity index (χ0n) is 14.1. The largest absolute Gasteiger partial charge is 0.371 e. The van der Waals surface area contributed by atoms with Gasteiger partial charge in [0.1, 0.15) is 0 Å². The summed E-state index contributed by atoms with van der Waals surface area (Å²) in [6, 6.07) is 10.1. The summed E-state index contributed by atoms with van der Waals surface area (Å²) >= 11 is 0. The minimum Gasteiger partial charge on any atom is -0.371 e. The number of aromatic nitrogens is 2. The highest BCUT2D eigenvalue weighted by atomic mass is 16.1. The number of benzene rings is 1. The Hall–Kier alpha value is -2.34. The standard InChI is InChI=1S/C18H25N5O/c1-14(19-13-16-7-8-20-22-16)11-18(24)21-15-5-4-6-17(12-15)23-9-2-3-10-23/h4-8,12,14,19H,2-3,9-11,13H2,1H3,(H,20,22)(H,21,24). The van der Waals surface area contributed by atoms with Crippen molar-refractivity contribution < 1.29 is 4.79 Å². The lowest BCUT2D eigenvalue weighted by Crippen LogP contribution is -2.30. The first-order valence-corrected chi connectivity index (χ1v) is 8.57. The molecule has 1 fully saturated rings. The SMILES string of the molecule is CC(CC(=O)Nc1cccc(N2CCCC2)c1)NCc1ccn[nH]1. The zero-order valence-corrected chi connectivity index (χ0v) is 14.1. The maximum absolute atomic E-state index is 12.2. The number of rotatable bonds is 7. The van der Waals surface area contributed by atoms with Gasteiger partial charge in [0.2, 0.25) is 5.91 Å². The lowest BCUT2D eigenvalue weighted by Gasteiger charge is -2.19. The van der Waals surface area contributed by atoms with Gasteiger partial charge in [-0.05, 0) is 44.0 Å². The van der Waals surface area contributed by atoms with Crippen LogP contribution in [0.3, 0.4) is 0 Å². The monoisotopic (exact) mass is 327 g/mol. The van der Waals surface area contributed by atoms with E-state index in [-0.39, 0.29) is 11.9 Å². The number of hydrogen-bond donors (Lipinski definition) is 3. The van der Waals surface area contributed by atoms with Crippen LogP contribution in [-0.2, 0) is 11.3 Å². The Morgan fingerprint density at radius 3 is 2.92 bits per heavy atom. The molecule has 0 radical (unpaired) electrons. The van der Waals surface area contributed by atoms with E-state index in [0.717, 1.165) is 24.5 Å². The molecule has 6 nitrogen and oxygen atoms in total. The van der Waals surface area contributed by atoms with Crippen LogP contribution in [0.2, 0.25) is 0 Å². The molecule has 1 unspecified atom stereocenters. The summed E-state index contributed by atoms with van der Waals surface area (Å²) in [4.78, 5) is 14.6. The average Bonchev–Trinajstić information content (AvgIpc) is 3.27. The van der Waals surface area contributed by atoms with E-state index in [2.05, 4.69) is 37.9 Å². The van der Waals surface area contributed by atoms with Crippen molar-refractivity contribution >= 4 is 17.3 Å². The molecule has 0 spiro atoms. The normalized spacial score (nSPS) is 15.5. The molecular formula is C18H25N5O. The molecule has 1 amide bonds. The first-order chi connectivity index (χ1) is 11.7. The Morgan fingerprint density at radius 2 is 2.17 bits per heavy atom. The second-order valence-corrected chi connectivity index (χ2v) is 6.36. The third-order valence-electron chi connectivity index (χ3n) is 4.29. The van der Waals surface area contributed by atoms with E-state index in [1.807, 2.05) is 25.1 Å². The number of carbonyl (C=O) groups is 1. The average molecular weight is 327 g/mol. The summed E-state index contributed by atoms with van der Waals surface area (Å²) in [5, 5.41) is 13.1. The minimum atomic E-state index is 0.0261. The van der Waals surface area contributed by atoms with Gasteiger partial charge in [0, 0.05) is 55.4 Å². The third-order valence-corrected chi connectivity index (χ3v) is 4.29. The number of amides is 1. The van der Waals surface area contributed by atoms with Gasteiger partial charge >= 0.3 is 0 Å². The van der Waals surface area contributed by atoms with E-state index in [1.54, 1.807) is 6.20 Å². The predicted molar refractivity (Wildman–Crippen MR) is 96.0 cm³/mol. The van der Waals surface area contributed by atoms with Gasteiger partial charge in [-0.1, -0.05) is 6.07 Å². The highest BCUT2D eigenvalue weighted by Gasteiger charge is 2.13. The fourth-order valence-corrected chi connectivity index (χ4v) is 2.99. The summed E-state index contributed by atoms with van der Waals surface area (Å²) < 4.78 is 0. The van der Waals surface area contributed by atoms with Crippen LogP contribution in [0, 0.1) is 0 Å². The van der Waals surface area contributed by atoms with Crippen LogP contribution in [0.5, 0.6) is 0 Å². The van der Waals surface area contributed by atoms with Gasteiger partial charge in [0.25, 0.3) is 0 Å². The lowest BCUT2D eigenvalue weighted by molar-refractivity contribution is -0.116. The van der Waals surface area contributed by atoms with E-state index >= 15 is 0 Å². The van der Waals surface area contributed by atoms with Gasteiger partial charge in [-0.15, -0.1) is 0 Å². The summed E-state index contributed by atoms with van der Waals surface area (Å²) in [6.07, 6.45) is 4.65. The molecule has 0 bridgehead atoms. The van der Waals surface area contributed by atoms with E-state index < -0.39 is 0 Å². The molecule has 128 valence electrons. The van der Waals surface area contributed by atoms with E-state index in [4.69, 9.17) is 0 Å². The van der Waals surface area contributed by atoms with Crippen LogP contribution in [0.25, 0.3) is 0 Å². The summed E-state index contributed by atoms with van der Waals surface area (Å²) in [6.45, 7) is 4.90. The number of carbonyl (C=O) groups excluding carboxylic acids is 1. The van der Waals surface area contributed by atoms with Crippen molar-refractivity contribution in [3.05, 3.63) is 42.2 Å². The molecule has 3 N–H and O–H groups in total. The van der Waals surface area contributed by atoms with Gasteiger partial charge < -0.3 is 15.5 Å². The third kappa shape index (κ3) is 4.58. The number of nitrogens with zero attached hydrogens (tertiary/aromatic N) is 2. The number of aromatic amines is 1. The Bertz CT molecular complexity index is 649. The Balaban J connectivity index is 1.48. The van der Waals surface area contributed by atoms with E-state index in [0.29, 0.717) is 13.0 Å². The number of anilines is 2. The maximum atomic E-state index is 12.2. The van der Waals surface area contributed by atoms with Gasteiger partial charge in [-0.2, -0.15) is 5.10 Å². The maximum Gasteiger partial charge on any atom is 0.225 e. The Morgan fingerprint density at radius 1 is 1.33 bits per heavy atom. The molecule has 24 heavy (non-hydrogen) atoms. The number of nitrogens with one attached hydrogen (secondary N) is 3. The van der Waals surface area contributed by atoms with Crippen molar-refractivity contribution in [2.75, 3.05) is 23.3 Å². The molecule has 2 aromatic rings. The highest BCUT2D eigenvalue weighted by Crippen LogP contribution is 2.23. The first kappa shape index (κ1) is 16.5. The fraction of sp³-hybridized carbons (Fsp3) is 0.444. The second kappa shape index (κ2) is 7.97. The number of H-pyrrole nitrogens is 1. The smallest absolute Gasteiger partial charge is 0.225 e. The van der Waals surface area contributed by atoms with Gasteiger partial charge in [0.15, 0.2) is 0 Å². The molecule has 1 atom stereocenters. The van der Waals surface area contributed by atoms with Crippen molar-refractivity contribution in [1.82, 2.24) is 15.5 Å². The fourth-order valence-electron chi connectivity index (χ4n) is 2.99. The molecule has 0 aliphatic carbocycles. The molecular weight excluding hydrogens is 302 g/mol. The Kier molecular flexibility index (Phi) is 5.48. The summed E-state index contributed by atoms with van der Waals surface area (Å²) in [5.41, 5.74) is 3.07. The van der Waals surface area contributed by atoms with Crippen molar-refractivity contribution in [1.29, 1.82) is 0 Å².